The Balaban J connectivity index is 1.44. The second-order valence-electron chi connectivity index (χ2n) is 6.59. The van der Waals surface area contributed by atoms with Crippen molar-refractivity contribution < 1.29 is 18.0 Å². The highest BCUT2D eigenvalue weighted by atomic mass is 35.5. The van der Waals surface area contributed by atoms with Crippen LogP contribution in [0, 0.1) is 0 Å². The minimum atomic E-state index is -4.50. The van der Waals surface area contributed by atoms with Gasteiger partial charge in [0.05, 0.1) is 11.9 Å². The van der Waals surface area contributed by atoms with Gasteiger partial charge in [-0.1, -0.05) is 17.7 Å². The van der Waals surface area contributed by atoms with Gasteiger partial charge in [-0.2, -0.15) is 13.2 Å². The number of nitrogens with one attached hydrogen (secondary N) is 1. The number of carbonyl (C=O) groups excluding carboxylic acids is 1. The lowest BCUT2D eigenvalue weighted by atomic mass is 9.99. The Bertz CT molecular complexity index is 938. The number of alkyl halides is 3. The molecular formula is C19H15ClF3N3O. The number of anilines is 1. The number of halogens is 4. The SMILES string of the molecule is O=C(Nc1ccc(C(F)(F)F)nc1)N1CCC2=C(Cc3ccc(Cl)cc32)C1. The molecule has 2 amide bonds. The number of pyridine rings is 1. The summed E-state index contributed by atoms with van der Waals surface area (Å²) in [6.07, 6.45) is -1.98. The molecule has 1 aromatic heterocycles. The first-order chi connectivity index (χ1) is 12.8. The van der Waals surface area contributed by atoms with Gasteiger partial charge in [0.15, 0.2) is 0 Å². The monoisotopic (exact) mass is 393 g/mol. The zero-order valence-electron chi connectivity index (χ0n) is 14.1. The van der Waals surface area contributed by atoms with E-state index in [1.807, 2.05) is 18.2 Å². The summed E-state index contributed by atoms with van der Waals surface area (Å²) in [7, 11) is 0. The van der Waals surface area contributed by atoms with E-state index in [-0.39, 0.29) is 11.7 Å². The molecule has 1 aliphatic carbocycles. The molecular weight excluding hydrogens is 379 g/mol. The number of hydrogen-bond donors (Lipinski definition) is 1. The standard InChI is InChI=1S/C19H15ClF3N3O/c20-13-2-1-11-7-12-10-26(6-5-15(12)16(11)8-13)18(27)25-14-3-4-17(24-9-14)19(21,22)23/h1-4,8-9H,5-7,10H2,(H,25,27). The van der Waals surface area contributed by atoms with Gasteiger partial charge in [0.25, 0.3) is 0 Å². The third kappa shape index (κ3) is 3.51. The Kier molecular flexibility index (Phi) is 4.34. The highest BCUT2D eigenvalue weighted by Gasteiger charge is 2.32. The number of urea groups is 1. The largest absolute Gasteiger partial charge is 0.433 e. The van der Waals surface area contributed by atoms with Crippen LogP contribution in [-0.2, 0) is 12.6 Å². The summed E-state index contributed by atoms with van der Waals surface area (Å²) in [5, 5.41) is 3.31. The van der Waals surface area contributed by atoms with Crippen LogP contribution in [0.5, 0.6) is 0 Å². The van der Waals surface area contributed by atoms with Crippen LogP contribution in [0.1, 0.15) is 23.2 Å². The first-order valence-corrected chi connectivity index (χ1v) is 8.78. The summed E-state index contributed by atoms with van der Waals surface area (Å²) < 4.78 is 37.7. The van der Waals surface area contributed by atoms with Crippen LogP contribution in [0.4, 0.5) is 23.7 Å². The number of aromatic nitrogens is 1. The molecule has 8 heteroatoms. The minimum absolute atomic E-state index is 0.231. The van der Waals surface area contributed by atoms with Crippen LogP contribution in [0.25, 0.3) is 5.57 Å². The Hall–Kier alpha value is -2.54. The smallest absolute Gasteiger partial charge is 0.320 e. The Morgan fingerprint density at radius 3 is 2.74 bits per heavy atom. The number of amides is 2. The van der Waals surface area contributed by atoms with Crippen molar-refractivity contribution in [2.24, 2.45) is 0 Å². The molecule has 27 heavy (non-hydrogen) atoms. The van der Waals surface area contributed by atoms with Crippen molar-refractivity contribution in [3.63, 3.8) is 0 Å². The molecule has 1 aromatic carbocycles. The van der Waals surface area contributed by atoms with Crippen LogP contribution in [0.2, 0.25) is 5.02 Å². The van der Waals surface area contributed by atoms with Gasteiger partial charge in [0, 0.05) is 18.1 Å². The summed E-state index contributed by atoms with van der Waals surface area (Å²) in [4.78, 5) is 17.5. The molecule has 0 bridgehead atoms. The van der Waals surface area contributed by atoms with Gasteiger partial charge < -0.3 is 10.2 Å². The molecule has 2 aromatic rings. The normalized spacial score (nSPS) is 16.2. The number of nitrogens with zero attached hydrogens (tertiary/aromatic N) is 2. The maximum absolute atomic E-state index is 12.6. The average molecular weight is 394 g/mol. The molecule has 0 atom stereocenters. The Morgan fingerprint density at radius 2 is 2.04 bits per heavy atom. The molecule has 0 radical (unpaired) electrons. The fraction of sp³-hybridized carbons (Fsp3) is 0.263. The number of hydrogen-bond acceptors (Lipinski definition) is 2. The number of carbonyl (C=O) groups is 1. The fourth-order valence-corrected chi connectivity index (χ4v) is 3.71. The molecule has 0 unspecified atom stereocenters. The van der Waals surface area contributed by atoms with Crippen molar-refractivity contribution in [3.8, 4) is 0 Å². The van der Waals surface area contributed by atoms with Crippen LogP contribution in [-0.4, -0.2) is 29.0 Å². The maximum atomic E-state index is 12.6. The maximum Gasteiger partial charge on any atom is 0.433 e. The highest BCUT2D eigenvalue weighted by molar-refractivity contribution is 6.30. The van der Waals surface area contributed by atoms with Gasteiger partial charge in [0.1, 0.15) is 5.69 Å². The van der Waals surface area contributed by atoms with Crippen LogP contribution >= 0.6 is 11.6 Å². The van der Waals surface area contributed by atoms with Crippen molar-refractivity contribution in [2.75, 3.05) is 18.4 Å². The second kappa shape index (κ2) is 6.56. The fourth-order valence-electron chi connectivity index (χ4n) is 3.54. The summed E-state index contributed by atoms with van der Waals surface area (Å²) >= 11 is 6.09. The van der Waals surface area contributed by atoms with Gasteiger partial charge in [-0.05, 0) is 59.4 Å². The third-order valence-electron chi connectivity index (χ3n) is 4.83. The average Bonchev–Trinajstić information content (AvgIpc) is 2.98. The topological polar surface area (TPSA) is 45.2 Å². The van der Waals surface area contributed by atoms with Gasteiger partial charge in [-0.15, -0.1) is 0 Å². The van der Waals surface area contributed by atoms with Crippen LogP contribution in [0.3, 0.4) is 0 Å². The van der Waals surface area contributed by atoms with Crippen molar-refractivity contribution in [1.82, 2.24) is 9.88 Å². The third-order valence-corrected chi connectivity index (χ3v) is 5.07. The molecule has 4 nitrogen and oxygen atoms in total. The summed E-state index contributed by atoms with van der Waals surface area (Å²) in [6.45, 7) is 1.02. The Labute approximate surface area is 158 Å². The molecule has 0 saturated heterocycles. The first-order valence-electron chi connectivity index (χ1n) is 8.40. The van der Waals surface area contributed by atoms with Gasteiger partial charge >= 0.3 is 12.2 Å². The van der Waals surface area contributed by atoms with Crippen molar-refractivity contribution >= 4 is 28.9 Å². The predicted molar refractivity (Wildman–Crippen MR) is 96.5 cm³/mol. The van der Waals surface area contributed by atoms with E-state index in [0.717, 1.165) is 30.7 Å². The van der Waals surface area contributed by atoms with E-state index in [2.05, 4.69) is 10.3 Å². The highest BCUT2D eigenvalue weighted by Crippen LogP contribution is 2.39. The summed E-state index contributed by atoms with van der Waals surface area (Å²) in [6, 6.07) is 7.54. The van der Waals surface area contributed by atoms with E-state index < -0.39 is 11.9 Å². The number of rotatable bonds is 1. The lowest BCUT2D eigenvalue weighted by molar-refractivity contribution is -0.141. The first kappa shape index (κ1) is 17.9. The van der Waals surface area contributed by atoms with E-state index in [1.54, 1.807) is 4.90 Å². The second-order valence-corrected chi connectivity index (χ2v) is 7.03. The molecule has 2 heterocycles. The summed E-state index contributed by atoms with van der Waals surface area (Å²) in [5.41, 5.74) is 4.03. The lowest BCUT2D eigenvalue weighted by Gasteiger charge is -2.28. The van der Waals surface area contributed by atoms with Gasteiger partial charge in [-0.25, -0.2) is 9.78 Å². The molecule has 0 spiro atoms. The minimum Gasteiger partial charge on any atom is -0.320 e. The zero-order chi connectivity index (χ0) is 19.2. The van der Waals surface area contributed by atoms with Crippen LogP contribution < -0.4 is 5.32 Å². The van der Waals surface area contributed by atoms with E-state index >= 15 is 0 Å². The van der Waals surface area contributed by atoms with E-state index in [1.165, 1.54) is 22.8 Å². The van der Waals surface area contributed by atoms with E-state index in [0.29, 0.717) is 18.1 Å². The van der Waals surface area contributed by atoms with Crippen LogP contribution in [0.15, 0.2) is 42.1 Å². The molecule has 1 N–H and O–H groups in total. The summed E-state index contributed by atoms with van der Waals surface area (Å²) in [5.74, 6) is 0. The van der Waals surface area contributed by atoms with Crippen molar-refractivity contribution in [3.05, 3.63) is 63.9 Å². The van der Waals surface area contributed by atoms with Gasteiger partial charge in [-0.3, -0.25) is 0 Å². The van der Waals surface area contributed by atoms with E-state index in [4.69, 9.17) is 11.6 Å². The number of benzene rings is 1. The lowest BCUT2D eigenvalue weighted by Crippen LogP contribution is -2.39. The number of fused-ring (bicyclic) bond motifs is 2. The molecule has 1 aliphatic heterocycles. The molecule has 2 aliphatic rings. The molecule has 0 fully saturated rings. The quantitative estimate of drug-likeness (QED) is 0.741. The predicted octanol–water partition coefficient (Wildman–Crippen LogP) is 5.00. The van der Waals surface area contributed by atoms with Crippen molar-refractivity contribution in [1.29, 1.82) is 0 Å². The molecule has 0 saturated carbocycles. The molecule has 140 valence electrons. The van der Waals surface area contributed by atoms with Gasteiger partial charge in [0.2, 0.25) is 0 Å². The van der Waals surface area contributed by atoms with E-state index in [9.17, 15) is 18.0 Å². The Morgan fingerprint density at radius 1 is 1.22 bits per heavy atom. The molecule has 4 rings (SSSR count). The zero-order valence-corrected chi connectivity index (χ0v) is 14.9. The van der Waals surface area contributed by atoms with Crippen molar-refractivity contribution in [2.45, 2.75) is 19.0 Å².